The van der Waals surface area contributed by atoms with Crippen molar-refractivity contribution in [3.63, 3.8) is 0 Å². The Kier molecular flexibility index (Phi) is 4.70. The Morgan fingerprint density at radius 2 is 1.71 bits per heavy atom. The summed E-state index contributed by atoms with van der Waals surface area (Å²) in [5, 5.41) is 0. The van der Waals surface area contributed by atoms with E-state index in [4.69, 9.17) is 21.7 Å². The molecule has 2 heterocycles. The smallest absolute Gasteiger partial charge is 0.341 e. The summed E-state index contributed by atoms with van der Waals surface area (Å²) < 4.78 is 11.9. The molecule has 0 saturated carbocycles. The molecule has 0 N–H and O–H groups in total. The van der Waals surface area contributed by atoms with Gasteiger partial charge in [0.1, 0.15) is 4.64 Å². The SMILES string of the molecule is CCOC(=O)c1cc(C(=O)OCC)c2ccccn2c1=S. The number of carbonyl (C=O) groups is 2. The molecule has 0 aliphatic carbocycles. The van der Waals surface area contributed by atoms with Crippen molar-refractivity contribution in [3.8, 4) is 0 Å². The van der Waals surface area contributed by atoms with Gasteiger partial charge in [0.25, 0.3) is 0 Å². The van der Waals surface area contributed by atoms with Crippen LogP contribution in [0, 0.1) is 4.64 Å². The van der Waals surface area contributed by atoms with Crippen LogP contribution in [0.25, 0.3) is 5.52 Å². The van der Waals surface area contributed by atoms with Gasteiger partial charge in [-0.2, -0.15) is 0 Å². The van der Waals surface area contributed by atoms with Gasteiger partial charge in [0.05, 0.1) is 29.9 Å². The average Bonchev–Trinajstić information content (AvgIpc) is 2.48. The zero-order valence-corrected chi connectivity index (χ0v) is 12.6. The molecule has 5 nitrogen and oxygen atoms in total. The molecule has 110 valence electrons. The number of rotatable bonds is 4. The van der Waals surface area contributed by atoms with Crippen LogP contribution < -0.4 is 0 Å². The highest BCUT2D eigenvalue weighted by molar-refractivity contribution is 7.71. The zero-order valence-electron chi connectivity index (χ0n) is 11.8. The van der Waals surface area contributed by atoms with Gasteiger partial charge in [0.2, 0.25) is 0 Å². The van der Waals surface area contributed by atoms with Crippen LogP contribution in [-0.2, 0) is 9.47 Å². The summed E-state index contributed by atoms with van der Waals surface area (Å²) >= 11 is 5.30. The van der Waals surface area contributed by atoms with Crippen LogP contribution in [0.2, 0.25) is 0 Å². The lowest BCUT2D eigenvalue weighted by Crippen LogP contribution is -2.13. The van der Waals surface area contributed by atoms with Gasteiger partial charge in [-0.1, -0.05) is 18.3 Å². The Labute approximate surface area is 127 Å². The van der Waals surface area contributed by atoms with Gasteiger partial charge >= 0.3 is 11.9 Å². The lowest BCUT2D eigenvalue weighted by Gasteiger charge is -2.11. The summed E-state index contributed by atoms with van der Waals surface area (Å²) in [7, 11) is 0. The number of esters is 2. The van der Waals surface area contributed by atoms with Gasteiger partial charge in [0.15, 0.2) is 0 Å². The van der Waals surface area contributed by atoms with E-state index >= 15 is 0 Å². The summed E-state index contributed by atoms with van der Waals surface area (Å²) in [6.45, 7) is 3.92. The number of nitrogens with zero attached hydrogens (tertiary/aromatic N) is 1. The number of fused-ring (bicyclic) bond motifs is 1. The minimum absolute atomic E-state index is 0.179. The predicted molar refractivity (Wildman–Crippen MR) is 80.1 cm³/mol. The Hall–Kier alpha value is -2.21. The van der Waals surface area contributed by atoms with Crippen LogP contribution in [-0.4, -0.2) is 29.6 Å². The minimum Gasteiger partial charge on any atom is -0.462 e. The monoisotopic (exact) mass is 305 g/mol. The predicted octanol–water partition coefficient (Wildman–Crippen LogP) is 3.02. The maximum atomic E-state index is 12.1. The molecule has 0 spiro atoms. The van der Waals surface area contributed by atoms with Crippen LogP contribution in [0.5, 0.6) is 0 Å². The molecule has 6 heteroatoms. The molecular weight excluding hydrogens is 290 g/mol. The molecule has 2 aromatic rings. The van der Waals surface area contributed by atoms with Gasteiger partial charge in [-0.3, -0.25) is 0 Å². The first-order chi connectivity index (χ1) is 10.1. The molecule has 0 amide bonds. The van der Waals surface area contributed by atoms with Crippen molar-refractivity contribution in [2.45, 2.75) is 13.8 Å². The molecule has 0 aromatic carbocycles. The fourth-order valence-electron chi connectivity index (χ4n) is 1.98. The molecular formula is C15H15NO4S. The molecule has 0 unspecified atom stereocenters. The topological polar surface area (TPSA) is 57.0 Å². The summed E-state index contributed by atoms with van der Waals surface area (Å²) in [5.41, 5.74) is 1.06. The third-order valence-corrected chi connectivity index (χ3v) is 3.28. The van der Waals surface area contributed by atoms with Gasteiger partial charge in [-0.05, 0) is 32.0 Å². The van der Waals surface area contributed by atoms with Crippen molar-refractivity contribution >= 4 is 29.7 Å². The zero-order chi connectivity index (χ0) is 15.4. The van der Waals surface area contributed by atoms with E-state index < -0.39 is 11.9 Å². The normalized spacial score (nSPS) is 10.4. The maximum absolute atomic E-state index is 12.1. The summed E-state index contributed by atoms with van der Waals surface area (Å²) in [6.07, 6.45) is 1.70. The van der Waals surface area contributed by atoms with Crippen molar-refractivity contribution in [2.75, 3.05) is 13.2 Å². The highest BCUT2D eigenvalue weighted by Crippen LogP contribution is 2.18. The van der Waals surface area contributed by atoms with Crippen LogP contribution in [0.15, 0.2) is 30.5 Å². The van der Waals surface area contributed by atoms with Crippen LogP contribution in [0.3, 0.4) is 0 Å². The largest absolute Gasteiger partial charge is 0.462 e. The highest BCUT2D eigenvalue weighted by atomic mass is 32.1. The molecule has 0 radical (unpaired) electrons. The second kappa shape index (κ2) is 6.49. The molecule has 2 aromatic heterocycles. The third kappa shape index (κ3) is 2.95. The second-order valence-electron chi connectivity index (χ2n) is 4.17. The highest BCUT2D eigenvalue weighted by Gasteiger charge is 2.18. The molecule has 0 aliphatic heterocycles. The fraction of sp³-hybridized carbons (Fsp3) is 0.267. The van der Waals surface area contributed by atoms with E-state index in [1.165, 1.54) is 6.07 Å². The van der Waals surface area contributed by atoms with Gasteiger partial charge in [-0.25, -0.2) is 9.59 Å². The maximum Gasteiger partial charge on any atom is 0.341 e. The van der Waals surface area contributed by atoms with E-state index in [0.717, 1.165) is 0 Å². The number of pyridine rings is 2. The first kappa shape index (κ1) is 15.2. The van der Waals surface area contributed by atoms with Crippen molar-refractivity contribution in [3.05, 3.63) is 46.2 Å². The Balaban J connectivity index is 2.72. The molecule has 0 aliphatic rings. The molecule has 21 heavy (non-hydrogen) atoms. The van der Waals surface area contributed by atoms with Crippen LogP contribution in [0.1, 0.15) is 34.6 Å². The van der Waals surface area contributed by atoms with Crippen molar-refractivity contribution in [2.24, 2.45) is 0 Å². The number of hydrogen-bond acceptors (Lipinski definition) is 5. The lowest BCUT2D eigenvalue weighted by atomic mass is 10.1. The number of aromatic nitrogens is 1. The Morgan fingerprint density at radius 1 is 1.10 bits per heavy atom. The lowest BCUT2D eigenvalue weighted by molar-refractivity contribution is 0.0524. The average molecular weight is 305 g/mol. The number of ether oxygens (including phenoxy) is 2. The van der Waals surface area contributed by atoms with Gasteiger partial charge in [-0.15, -0.1) is 0 Å². The van der Waals surface area contributed by atoms with E-state index in [2.05, 4.69) is 0 Å². The summed E-state index contributed by atoms with van der Waals surface area (Å²) in [4.78, 5) is 24.1. The van der Waals surface area contributed by atoms with E-state index in [-0.39, 0.29) is 24.3 Å². The molecule has 2 rings (SSSR count). The standard InChI is InChI=1S/C15H15NO4S/c1-3-19-14(17)10-9-11(15(18)20-4-2)13(21)16-8-6-5-7-12(10)16/h5-9H,3-4H2,1-2H3. The van der Waals surface area contributed by atoms with E-state index in [1.807, 2.05) is 0 Å². The number of hydrogen-bond donors (Lipinski definition) is 0. The summed E-state index contributed by atoms with van der Waals surface area (Å²) in [5.74, 6) is -1.05. The molecule has 0 atom stereocenters. The number of carbonyl (C=O) groups excluding carboxylic acids is 2. The van der Waals surface area contributed by atoms with Crippen LogP contribution >= 0.6 is 12.2 Å². The molecule has 0 bridgehead atoms. The summed E-state index contributed by atoms with van der Waals surface area (Å²) in [6, 6.07) is 6.74. The first-order valence-corrected chi connectivity index (χ1v) is 6.99. The first-order valence-electron chi connectivity index (χ1n) is 6.58. The quantitative estimate of drug-likeness (QED) is 0.642. The fourth-order valence-corrected chi connectivity index (χ4v) is 2.28. The van der Waals surface area contributed by atoms with Crippen molar-refractivity contribution < 1.29 is 19.1 Å². The third-order valence-electron chi connectivity index (χ3n) is 2.86. The van der Waals surface area contributed by atoms with Crippen LogP contribution in [0.4, 0.5) is 0 Å². The Bertz CT molecular complexity index is 751. The van der Waals surface area contributed by atoms with Gasteiger partial charge < -0.3 is 13.9 Å². The second-order valence-corrected chi connectivity index (χ2v) is 4.56. The minimum atomic E-state index is -0.550. The molecule has 0 fully saturated rings. The van der Waals surface area contributed by atoms with E-state index in [1.54, 1.807) is 42.6 Å². The Morgan fingerprint density at radius 3 is 2.33 bits per heavy atom. The van der Waals surface area contributed by atoms with Crippen molar-refractivity contribution in [1.82, 2.24) is 4.40 Å². The van der Waals surface area contributed by atoms with Gasteiger partial charge in [0, 0.05) is 6.20 Å². The van der Waals surface area contributed by atoms with E-state index in [0.29, 0.717) is 10.2 Å². The molecule has 0 saturated heterocycles. The van der Waals surface area contributed by atoms with E-state index in [9.17, 15) is 9.59 Å². The van der Waals surface area contributed by atoms with Crippen molar-refractivity contribution in [1.29, 1.82) is 0 Å².